The summed E-state index contributed by atoms with van der Waals surface area (Å²) in [5.74, 6) is -0.361. The number of nitrogens with zero attached hydrogens (tertiary/aromatic N) is 6. The Labute approximate surface area is 178 Å². The molecular weight excluding hydrogens is 402 g/mol. The first-order valence-electron chi connectivity index (χ1n) is 10.3. The normalized spacial score (nSPS) is 26.9. The summed E-state index contributed by atoms with van der Waals surface area (Å²) in [7, 11) is 0. The Morgan fingerprint density at radius 2 is 1.84 bits per heavy atom. The second kappa shape index (κ2) is 7.69. The van der Waals surface area contributed by atoms with Crippen molar-refractivity contribution in [2.24, 2.45) is 22.9 Å². The third-order valence-electron chi connectivity index (χ3n) is 6.47. The molecule has 158 valence electrons. The van der Waals surface area contributed by atoms with Gasteiger partial charge in [0, 0.05) is 43.9 Å². The molecule has 2 aromatic rings. The lowest BCUT2D eigenvalue weighted by Crippen LogP contribution is -2.33. The third-order valence-corrected chi connectivity index (χ3v) is 6.47. The standard InChI is InChI=1S/C22H20F2N6O/c23-17-7-13(8-18(24)9-17)20-2-4-27-30(20)21(31)14-5-15-11-29(12-16(15)6-14)22-26-3-1-19(10-25)28-22/h1,3-4,7-9,14-16,20H,2,5-6,11-12H2. The molecule has 7 nitrogen and oxygen atoms in total. The Hall–Kier alpha value is -3.41. The van der Waals surface area contributed by atoms with E-state index < -0.39 is 17.7 Å². The molecule has 31 heavy (non-hydrogen) atoms. The minimum atomic E-state index is -0.660. The van der Waals surface area contributed by atoms with Crippen LogP contribution < -0.4 is 4.90 Å². The van der Waals surface area contributed by atoms with Crippen molar-refractivity contribution >= 4 is 18.1 Å². The monoisotopic (exact) mass is 422 g/mol. The minimum Gasteiger partial charge on any atom is -0.340 e. The summed E-state index contributed by atoms with van der Waals surface area (Å²) in [6.07, 6.45) is 5.11. The van der Waals surface area contributed by atoms with Crippen LogP contribution in [0, 0.1) is 40.7 Å². The van der Waals surface area contributed by atoms with Gasteiger partial charge in [0.1, 0.15) is 23.4 Å². The molecule has 3 atom stereocenters. The number of rotatable bonds is 3. The molecule has 0 bridgehead atoms. The number of hydrazone groups is 1. The number of anilines is 1. The molecule has 0 spiro atoms. The van der Waals surface area contributed by atoms with Crippen LogP contribution in [0.5, 0.6) is 0 Å². The number of amides is 1. The fraction of sp³-hybridized carbons (Fsp3) is 0.409. The molecule has 1 aromatic heterocycles. The van der Waals surface area contributed by atoms with Gasteiger partial charge in [0.2, 0.25) is 11.9 Å². The number of nitriles is 1. The van der Waals surface area contributed by atoms with E-state index in [9.17, 15) is 13.6 Å². The van der Waals surface area contributed by atoms with Crippen LogP contribution in [0.15, 0.2) is 35.6 Å². The van der Waals surface area contributed by atoms with Gasteiger partial charge in [-0.1, -0.05) is 0 Å². The highest BCUT2D eigenvalue weighted by Gasteiger charge is 2.46. The zero-order valence-corrected chi connectivity index (χ0v) is 16.7. The Kier molecular flexibility index (Phi) is 4.85. The average molecular weight is 422 g/mol. The van der Waals surface area contributed by atoms with Crippen molar-refractivity contribution in [3.05, 3.63) is 53.4 Å². The second-order valence-electron chi connectivity index (χ2n) is 8.38. The van der Waals surface area contributed by atoms with Crippen LogP contribution in [-0.4, -0.2) is 40.2 Å². The summed E-state index contributed by atoms with van der Waals surface area (Å²) < 4.78 is 27.3. The number of halogens is 2. The van der Waals surface area contributed by atoms with E-state index in [2.05, 4.69) is 20.0 Å². The van der Waals surface area contributed by atoms with Crippen molar-refractivity contribution in [1.82, 2.24) is 15.0 Å². The number of hydrogen-bond donors (Lipinski definition) is 0. The Bertz CT molecular complexity index is 1070. The number of benzene rings is 1. The van der Waals surface area contributed by atoms with E-state index in [1.54, 1.807) is 18.5 Å². The maximum atomic E-state index is 13.7. The van der Waals surface area contributed by atoms with E-state index in [0.717, 1.165) is 32.0 Å². The van der Waals surface area contributed by atoms with Gasteiger partial charge < -0.3 is 4.90 Å². The van der Waals surface area contributed by atoms with Crippen LogP contribution in [-0.2, 0) is 4.79 Å². The number of hydrogen-bond acceptors (Lipinski definition) is 6. The van der Waals surface area contributed by atoms with E-state index in [4.69, 9.17) is 5.26 Å². The van der Waals surface area contributed by atoms with Crippen LogP contribution >= 0.6 is 0 Å². The van der Waals surface area contributed by atoms with E-state index >= 15 is 0 Å². The van der Waals surface area contributed by atoms with Crippen molar-refractivity contribution in [2.45, 2.75) is 25.3 Å². The molecule has 9 heteroatoms. The quantitative estimate of drug-likeness (QED) is 0.759. The molecule has 0 N–H and O–H groups in total. The number of fused-ring (bicyclic) bond motifs is 1. The lowest BCUT2D eigenvalue weighted by atomic mass is 10.0. The minimum absolute atomic E-state index is 0.0907. The lowest BCUT2D eigenvalue weighted by molar-refractivity contribution is -0.137. The number of carbonyl (C=O) groups is 1. The first-order valence-corrected chi connectivity index (χ1v) is 10.3. The highest BCUT2D eigenvalue weighted by atomic mass is 19.1. The van der Waals surface area contributed by atoms with Gasteiger partial charge in [-0.05, 0) is 48.4 Å². The van der Waals surface area contributed by atoms with Crippen molar-refractivity contribution < 1.29 is 13.6 Å². The van der Waals surface area contributed by atoms with Crippen molar-refractivity contribution in [1.29, 1.82) is 5.26 Å². The molecule has 5 rings (SSSR count). The summed E-state index contributed by atoms with van der Waals surface area (Å²) >= 11 is 0. The van der Waals surface area contributed by atoms with Crippen LogP contribution in [0.3, 0.4) is 0 Å². The summed E-state index contributed by atoms with van der Waals surface area (Å²) in [5.41, 5.74) is 0.754. The van der Waals surface area contributed by atoms with Crippen molar-refractivity contribution in [3.63, 3.8) is 0 Å². The first kappa shape index (κ1) is 19.5. The molecule has 1 saturated carbocycles. The molecule has 1 aliphatic carbocycles. The average Bonchev–Trinajstić information content (AvgIpc) is 3.47. The van der Waals surface area contributed by atoms with Gasteiger partial charge in [-0.15, -0.1) is 0 Å². The SMILES string of the molecule is N#Cc1ccnc(N2CC3CC(C(=O)N4N=CCC4c4cc(F)cc(F)c4)CC3C2)n1. The Balaban J connectivity index is 1.26. The molecule has 2 fully saturated rings. The third kappa shape index (κ3) is 3.63. The zero-order valence-electron chi connectivity index (χ0n) is 16.7. The summed E-state index contributed by atoms with van der Waals surface area (Å²) in [5, 5.41) is 14.7. The van der Waals surface area contributed by atoms with Crippen LogP contribution in [0.4, 0.5) is 14.7 Å². The second-order valence-corrected chi connectivity index (χ2v) is 8.38. The smallest absolute Gasteiger partial charge is 0.246 e. The predicted octanol–water partition coefficient (Wildman–Crippen LogP) is 3.05. The number of aromatic nitrogens is 2. The van der Waals surface area contributed by atoms with Crippen molar-refractivity contribution in [3.8, 4) is 6.07 Å². The van der Waals surface area contributed by atoms with Gasteiger partial charge in [0.25, 0.3) is 0 Å². The molecule has 1 saturated heterocycles. The van der Waals surface area contributed by atoms with Crippen LogP contribution in [0.25, 0.3) is 0 Å². The van der Waals surface area contributed by atoms with Gasteiger partial charge in [0.05, 0.1) is 6.04 Å². The van der Waals surface area contributed by atoms with Crippen LogP contribution in [0.1, 0.15) is 36.6 Å². The molecule has 1 aromatic carbocycles. The molecular formula is C22H20F2N6O. The fourth-order valence-corrected chi connectivity index (χ4v) is 5.09. The van der Waals surface area contributed by atoms with Crippen LogP contribution in [0.2, 0.25) is 0 Å². The number of carbonyl (C=O) groups excluding carboxylic acids is 1. The zero-order chi connectivity index (χ0) is 21.5. The Morgan fingerprint density at radius 1 is 1.13 bits per heavy atom. The topological polar surface area (TPSA) is 85.5 Å². The lowest BCUT2D eigenvalue weighted by Gasteiger charge is -2.26. The molecule has 1 amide bonds. The summed E-state index contributed by atoms with van der Waals surface area (Å²) in [6, 6.07) is 6.48. The van der Waals surface area contributed by atoms with Gasteiger partial charge in [-0.3, -0.25) is 4.79 Å². The first-order chi connectivity index (χ1) is 15.0. The molecule has 3 unspecified atom stereocenters. The molecule has 3 aliphatic rings. The Morgan fingerprint density at radius 3 is 2.52 bits per heavy atom. The van der Waals surface area contributed by atoms with Gasteiger partial charge in [-0.2, -0.15) is 10.4 Å². The molecule has 2 aliphatic heterocycles. The maximum absolute atomic E-state index is 13.7. The fourth-order valence-electron chi connectivity index (χ4n) is 5.09. The predicted molar refractivity (Wildman–Crippen MR) is 108 cm³/mol. The van der Waals surface area contributed by atoms with Crippen molar-refractivity contribution in [2.75, 3.05) is 18.0 Å². The largest absolute Gasteiger partial charge is 0.340 e. The van der Waals surface area contributed by atoms with Gasteiger partial charge >= 0.3 is 0 Å². The van der Waals surface area contributed by atoms with E-state index in [-0.39, 0.29) is 11.8 Å². The summed E-state index contributed by atoms with van der Waals surface area (Å²) in [4.78, 5) is 23.8. The molecule has 3 heterocycles. The van der Waals surface area contributed by atoms with Gasteiger partial charge in [-0.25, -0.2) is 23.8 Å². The highest BCUT2D eigenvalue weighted by Crippen LogP contribution is 2.44. The highest BCUT2D eigenvalue weighted by molar-refractivity contribution is 5.82. The molecule has 0 radical (unpaired) electrons. The maximum Gasteiger partial charge on any atom is 0.246 e. The van der Waals surface area contributed by atoms with E-state index in [1.165, 1.54) is 17.1 Å². The van der Waals surface area contributed by atoms with Gasteiger partial charge in [0.15, 0.2) is 0 Å². The van der Waals surface area contributed by atoms with E-state index in [0.29, 0.717) is 35.5 Å². The summed E-state index contributed by atoms with van der Waals surface area (Å²) in [6.45, 7) is 1.48. The van der Waals surface area contributed by atoms with E-state index in [1.807, 2.05) is 6.07 Å².